The minimum absolute atomic E-state index is 0.139. The summed E-state index contributed by atoms with van der Waals surface area (Å²) in [6.07, 6.45) is 2.16. The van der Waals surface area contributed by atoms with E-state index in [-0.39, 0.29) is 24.5 Å². The van der Waals surface area contributed by atoms with Crippen molar-refractivity contribution in [2.75, 3.05) is 0 Å². The molecule has 2 aromatic carbocycles. The van der Waals surface area contributed by atoms with Gasteiger partial charge in [0.1, 0.15) is 6.04 Å². The van der Waals surface area contributed by atoms with Crippen LogP contribution in [0.5, 0.6) is 0 Å². The Bertz CT molecular complexity index is 779. The summed E-state index contributed by atoms with van der Waals surface area (Å²) >= 11 is 0. The number of carboxylic acids is 1. The molecular formula is C22H26N2O3. The fraction of sp³-hybridized carbons (Fsp3) is 0.364. The molecule has 5 nitrogen and oxygen atoms in total. The van der Waals surface area contributed by atoms with E-state index >= 15 is 0 Å². The molecule has 2 unspecified atom stereocenters. The molecule has 27 heavy (non-hydrogen) atoms. The normalized spacial score (nSPS) is 20.3. The molecule has 1 aliphatic heterocycles. The van der Waals surface area contributed by atoms with Crippen LogP contribution in [-0.4, -0.2) is 40.1 Å². The third kappa shape index (κ3) is 4.48. The molecule has 2 aromatic rings. The second-order valence-electron chi connectivity index (χ2n) is 7.29. The largest absolute Gasteiger partial charge is 0.480 e. The zero-order valence-electron chi connectivity index (χ0n) is 15.8. The summed E-state index contributed by atoms with van der Waals surface area (Å²) in [6.45, 7) is 4.00. The molecule has 1 saturated heterocycles. The summed E-state index contributed by atoms with van der Waals surface area (Å²) in [5, 5.41) is 12.3. The van der Waals surface area contributed by atoms with E-state index in [2.05, 4.69) is 5.32 Å². The van der Waals surface area contributed by atoms with Crippen molar-refractivity contribution in [2.24, 2.45) is 0 Å². The molecule has 0 spiro atoms. The molecule has 1 fully saturated rings. The third-order valence-corrected chi connectivity index (χ3v) is 5.28. The van der Waals surface area contributed by atoms with Gasteiger partial charge in [0.05, 0.1) is 0 Å². The molecule has 0 aliphatic carbocycles. The van der Waals surface area contributed by atoms with Gasteiger partial charge in [0.25, 0.3) is 0 Å². The standard InChI is InChI=1S/C22H26N2O3/c1-15-8-9-16(2)24(15)22(27)23-20(21(25)26)14-17-10-12-19(13-11-17)18-6-4-3-5-7-18/h3-7,10-13,15-16,20H,8-9,14H2,1-2H3,(H,23,27)(H,25,26)/t15?,16?,20-/m1/s1. The van der Waals surface area contributed by atoms with Crippen molar-refractivity contribution in [3.63, 3.8) is 0 Å². The lowest BCUT2D eigenvalue weighted by atomic mass is 10.0. The van der Waals surface area contributed by atoms with Gasteiger partial charge in [-0.3, -0.25) is 0 Å². The van der Waals surface area contributed by atoms with Crippen molar-refractivity contribution in [1.82, 2.24) is 10.2 Å². The Balaban J connectivity index is 1.67. The molecule has 0 saturated carbocycles. The van der Waals surface area contributed by atoms with Crippen LogP contribution in [0.15, 0.2) is 54.6 Å². The van der Waals surface area contributed by atoms with Crippen LogP contribution in [0, 0.1) is 0 Å². The lowest BCUT2D eigenvalue weighted by Crippen LogP contribution is -2.51. The number of hydrogen-bond donors (Lipinski definition) is 2. The number of aliphatic carboxylic acids is 1. The second kappa shape index (κ2) is 8.25. The number of likely N-dealkylation sites (tertiary alicyclic amines) is 1. The summed E-state index contributed by atoms with van der Waals surface area (Å²) in [5.41, 5.74) is 3.07. The number of urea groups is 1. The Kier molecular flexibility index (Phi) is 5.79. The van der Waals surface area contributed by atoms with Gasteiger partial charge >= 0.3 is 12.0 Å². The van der Waals surface area contributed by atoms with Crippen molar-refractivity contribution in [3.8, 4) is 11.1 Å². The van der Waals surface area contributed by atoms with Crippen molar-refractivity contribution in [3.05, 3.63) is 60.2 Å². The van der Waals surface area contributed by atoms with Gasteiger partial charge in [0, 0.05) is 18.5 Å². The van der Waals surface area contributed by atoms with Crippen molar-refractivity contribution >= 4 is 12.0 Å². The zero-order valence-corrected chi connectivity index (χ0v) is 15.8. The highest BCUT2D eigenvalue weighted by atomic mass is 16.4. The molecule has 2 amide bonds. The van der Waals surface area contributed by atoms with Gasteiger partial charge in [-0.15, -0.1) is 0 Å². The van der Waals surface area contributed by atoms with Crippen LogP contribution in [0.1, 0.15) is 32.3 Å². The van der Waals surface area contributed by atoms with E-state index in [1.54, 1.807) is 4.90 Å². The first kappa shape index (κ1) is 19.0. The maximum Gasteiger partial charge on any atom is 0.326 e. The van der Waals surface area contributed by atoms with E-state index in [9.17, 15) is 14.7 Å². The first-order chi connectivity index (χ1) is 13.0. The lowest BCUT2D eigenvalue weighted by molar-refractivity contribution is -0.139. The van der Waals surface area contributed by atoms with Crippen LogP contribution in [0.3, 0.4) is 0 Å². The molecule has 0 bridgehead atoms. The quantitative estimate of drug-likeness (QED) is 0.842. The molecule has 142 valence electrons. The maximum absolute atomic E-state index is 12.6. The number of nitrogens with zero attached hydrogens (tertiary/aromatic N) is 1. The number of benzene rings is 2. The van der Waals surface area contributed by atoms with Gasteiger partial charge in [0.15, 0.2) is 0 Å². The second-order valence-corrected chi connectivity index (χ2v) is 7.29. The molecule has 1 heterocycles. The summed E-state index contributed by atoms with van der Waals surface area (Å²) < 4.78 is 0. The summed E-state index contributed by atoms with van der Waals surface area (Å²) in [4.78, 5) is 26.0. The summed E-state index contributed by atoms with van der Waals surface area (Å²) in [5.74, 6) is -1.02. The summed E-state index contributed by atoms with van der Waals surface area (Å²) in [7, 11) is 0. The lowest BCUT2D eigenvalue weighted by Gasteiger charge is -2.28. The van der Waals surface area contributed by atoms with Crippen molar-refractivity contribution < 1.29 is 14.7 Å². The number of amides is 2. The van der Waals surface area contributed by atoms with Crippen LogP contribution in [0.2, 0.25) is 0 Å². The van der Waals surface area contributed by atoms with Gasteiger partial charge < -0.3 is 15.3 Å². The van der Waals surface area contributed by atoms with Gasteiger partial charge in [0.2, 0.25) is 0 Å². The number of carbonyl (C=O) groups excluding carboxylic acids is 1. The Morgan fingerprint density at radius 1 is 1.00 bits per heavy atom. The van der Waals surface area contributed by atoms with E-state index in [1.165, 1.54) is 0 Å². The highest BCUT2D eigenvalue weighted by molar-refractivity contribution is 5.83. The van der Waals surface area contributed by atoms with E-state index in [0.29, 0.717) is 0 Å². The van der Waals surface area contributed by atoms with Gasteiger partial charge in [-0.1, -0.05) is 54.6 Å². The number of rotatable bonds is 5. The molecule has 5 heteroatoms. The van der Waals surface area contributed by atoms with E-state index < -0.39 is 12.0 Å². The number of carboxylic acid groups (broad SMARTS) is 1. The molecule has 2 N–H and O–H groups in total. The summed E-state index contributed by atoms with van der Waals surface area (Å²) in [6, 6.07) is 16.9. The van der Waals surface area contributed by atoms with Gasteiger partial charge in [-0.25, -0.2) is 9.59 Å². The first-order valence-electron chi connectivity index (χ1n) is 9.41. The molecular weight excluding hydrogens is 340 g/mol. The van der Waals surface area contributed by atoms with Crippen LogP contribution >= 0.6 is 0 Å². The highest BCUT2D eigenvalue weighted by Crippen LogP contribution is 2.24. The SMILES string of the molecule is CC1CCC(C)N1C(=O)N[C@H](Cc1ccc(-c2ccccc2)cc1)C(=O)O. The van der Waals surface area contributed by atoms with Gasteiger partial charge in [-0.05, 0) is 43.4 Å². The smallest absolute Gasteiger partial charge is 0.326 e. The van der Waals surface area contributed by atoms with E-state index in [1.807, 2.05) is 68.4 Å². The Hall–Kier alpha value is -2.82. The topological polar surface area (TPSA) is 69.6 Å². The molecule has 1 aliphatic rings. The van der Waals surface area contributed by atoms with E-state index in [0.717, 1.165) is 29.5 Å². The first-order valence-corrected chi connectivity index (χ1v) is 9.41. The maximum atomic E-state index is 12.6. The Morgan fingerprint density at radius 3 is 2.11 bits per heavy atom. The Morgan fingerprint density at radius 2 is 1.56 bits per heavy atom. The number of carbonyl (C=O) groups is 2. The van der Waals surface area contributed by atoms with Crippen LogP contribution in [-0.2, 0) is 11.2 Å². The van der Waals surface area contributed by atoms with E-state index in [4.69, 9.17) is 0 Å². The van der Waals surface area contributed by atoms with Crippen LogP contribution in [0.4, 0.5) is 4.79 Å². The molecule has 0 aromatic heterocycles. The third-order valence-electron chi connectivity index (χ3n) is 5.28. The Labute approximate surface area is 160 Å². The molecule has 3 rings (SSSR count). The number of nitrogens with one attached hydrogen (secondary N) is 1. The predicted molar refractivity (Wildman–Crippen MR) is 106 cm³/mol. The zero-order chi connectivity index (χ0) is 19.4. The minimum Gasteiger partial charge on any atom is -0.480 e. The average molecular weight is 366 g/mol. The number of hydrogen-bond acceptors (Lipinski definition) is 2. The predicted octanol–water partition coefficient (Wildman–Crippen LogP) is 3.93. The monoisotopic (exact) mass is 366 g/mol. The fourth-order valence-electron chi connectivity index (χ4n) is 3.72. The highest BCUT2D eigenvalue weighted by Gasteiger charge is 2.33. The van der Waals surface area contributed by atoms with Crippen molar-refractivity contribution in [2.45, 2.75) is 51.2 Å². The van der Waals surface area contributed by atoms with Crippen LogP contribution < -0.4 is 5.32 Å². The van der Waals surface area contributed by atoms with Gasteiger partial charge in [-0.2, -0.15) is 0 Å². The van der Waals surface area contributed by atoms with Crippen LogP contribution in [0.25, 0.3) is 11.1 Å². The molecule has 0 radical (unpaired) electrons. The van der Waals surface area contributed by atoms with Crippen molar-refractivity contribution in [1.29, 1.82) is 0 Å². The molecule has 3 atom stereocenters. The minimum atomic E-state index is -1.02. The average Bonchev–Trinajstić information content (AvgIpc) is 3.00. The fourth-order valence-corrected chi connectivity index (χ4v) is 3.72.